The van der Waals surface area contributed by atoms with Gasteiger partial charge in [0.15, 0.2) is 0 Å². The van der Waals surface area contributed by atoms with Gasteiger partial charge in [-0.2, -0.15) is 0 Å². The van der Waals surface area contributed by atoms with Crippen LogP contribution in [0.4, 0.5) is 0 Å². The van der Waals surface area contributed by atoms with Crippen molar-refractivity contribution in [1.82, 2.24) is 10.2 Å². The van der Waals surface area contributed by atoms with Crippen LogP contribution in [-0.4, -0.2) is 25.5 Å². The van der Waals surface area contributed by atoms with Gasteiger partial charge in [-0.3, -0.25) is 0 Å². The summed E-state index contributed by atoms with van der Waals surface area (Å²) in [6.45, 7) is 7.60. The predicted octanol–water partition coefficient (Wildman–Crippen LogP) is 4.32. The number of hydrogen-bond acceptors (Lipinski definition) is 3. The van der Waals surface area contributed by atoms with Gasteiger partial charge in [0.2, 0.25) is 0 Å². The Balaban J connectivity index is 2.04. The van der Waals surface area contributed by atoms with Crippen molar-refractivity contribution in [2.45, 2.75) is 32.9 Å². The minimum absolute atomic E-state index is 0.390. The van der Waals surface area contributed by atoms with E-state index in [9.17, 15) is 0 Å². The van der Waals surface area contributed by atoms with Gasteiger partial charge < -0.3 is 10.2 Å². The third-order valence-corrected chi connectivity index (χ3v) is 4.95. The van der Waals surface area contributed by atoms with Gasteiger partial charge in [0.05, 0.1) is 0 Å². The van der Waals surface area contributed by atoms with E-state index in [-0.39, 0.29) is 0 Å². The number of nitrogens with zero attached hydrogens (tertiary/aromatic N) is 1. The minimum Gasteiger partial charge on any atom is -0.308 e. The van der Waals surface area contributed by atoms with Gasteiger partial charge in [-0.25, -0.2) is 0 Å². The summed E-state index contributed by atoms with van der Waals surface area (Å²) in [7, 11) is 4.29. The number of hydrogen-bond donors (Lipinski definition) is 1. The van der Waals surface area contributed by atoms with Crippen molar-refractivity contribution in [2.75, 3.05) is 20.6 Å². The molecule has 0 amide bonds. The van der Waals surface area contributed by atoms with E-state index in [1.165, 1.54) is 20.9 Å². The molecule has 0 fully saturated rings. The first-order valence-corrected chi connectivity index (χ1v) is 8.32. The van der Waals surface area contributed by atoms with Crippen LogP contribution in [0.1, 0.15) is 39.9 Å². The smallest absolute Gasteiger partial charge is 0.0467 e. The molecule has 0 aliphatic rings. The Kier molecular flexibility index (Phi) is 5.57. The summed E-state index contributed by atoms with van der Waals surface area (Å²) in [6, 6.07) is 13.8. The first-order valence-electron chi connectivity index (χ1n) is 7.50. The summed E-state index contributed by atoms with van der Waals surface area (Å²) in [5, 5.41) is 3.70. The second-order valence-corrected chi connectivity index (χ2v) is 7.35. The minimum atomic E-state index is 0.390. The van der Waals surface area contributed by atoms with Crippen LogP contribution in [0.5, 0.6) is 0 Å². The Labute approximate surface area is 132 Å². The first-order chi connectivity index (χ1) is 9.99. The maximum Gasteiger partial charge on any atom is 0.0467 e. The van der Waals surface area contributed by atoms with Crippen LogP contribution in [0.15, 0.2) is 36.4 Å². The molecule has 0 saturated carbocycles. The summed E-state index contributed by atoms with van der Waals surface area (Å²) >= 11 is 1.88. The van der Waals surface area contributed by atoms with Gasteiger partial charge in [0, 0.05) is 28.4 Å². The van der Waals surface area contributed by atoms with Gasteiger partial charge in [-0.05, 0) is 52.1 Å². The van der Waals surface area contributed by atoms with E-state index in [2.05, 4.69) is 81.5 Å². The lowest BCUT2D eigenvalue weighted by Crippen LogP contribution is -2.32. The molecule has 1 aromatic heterocycles. The Morgan fingerprint density at radius 1 is 1.14 bits per heavy atom. The van der Waals surface area contributed by atoms with Crippen LogP contribution in [0.25, 0.3) is 0 Å². The second kappa shape index (κ2) is 7.21. The number of likely N-dealkylation sites (N-methyl/N-ethyl adjacent to an activating group) is 1. The molecule has 0 radical (unpaired) electrons. The predicted molar refractivity (Wildman–Crippen MR) is 93.1 cm³/mol. The zero-order valence-electron chi connectivity index (χ0n) is 13.7. The summed E-state index contributed by atoms with van der Waals surface area (Å²) < 4.78 is 0. The van der Waals surface area contributed by atoms with E-state index >= 15 is 0 Å². The number of benzene rings is 1. The lowest BCUT2D eigenvalue weighted by atomic mass is 10.0. The van der Waals surface area contributed by atoms with Crippen molar-refractivity contribution in [1.29, 1.82) is 0 Å². The van der Waals surface area contributed by atoms with E-state index in [1.54, 1.807) is 0 Å². The molecule has 2 nitrogen and oxygen atoms in total. The molecular formula is C18H26N2S. The number of thiophene rings is 1. The molecule has 1 N–H and O–H groups in total. The molecule has 0 saturated heterocycles. The quantitative estimate of drug-likeness (QED) is 0.855. The average molecular weight is 302 g/mol. The number of rotatable bonds is 6. The summed E-state index contributed by atoms with van der Waals surface area (Å²) in [5.74, 6) is 0. The van der Waals surface area contributed by atoms with Crippen molar-refractivity contribution >= 4 is 11.3 Å². The second-order valence-electron chi connectivity index (χ2n) is 5.89. The van der Waals surface area contributed by atoms with E-state index < -0.39 is 0 Å². The molecular weight excluding hydrogens is 276 g/mol. The van der Waals surface area contributed by atoms with E-state index in [4.69, 9.17) is 0 Å². The lowest BCUT2D eigenvalue weighted by Gasteiger charge is -2.27. The van der Waals surface area contributed by atoms with Gasteiger partial charge in [-0.1, -0.05) is 30.3 Å². The topological polar surface area (TPSA) is 15.3 Å². The van der Waals surface area contributed by atoms with Crippen LogP contribution in [-0.2, 0) is 0 Å². The molecule has 2 aromatic rings. The van der Waals surface area contributed by atoms with Crippen LogP contribution in [0, 0.1) is 13.8 Å². The first kappa shape index (κ1) is 16.2. The summed E-state index contributed by atoms with van der Waals surface area (Å²) in [4.78, 5) is 5.10. The summed E-state index contributed by atoms with van der Waals surface area (Å²) in [5.41, 5.74) is 2.79. The molecule has 114 valence electrons. The Bertz CT molecular complexity index is 560. The molecule has 0 spiro atoms. The van der Waals surface area contributed by atoms with Crippen molar-refractivity contribution < 1.29 is 0 Å². The lowest BCUT2D eigenvalue weighted by molar-refractivity contribution is 0.281. The van der Waals surface area contributed by atoms with Gasteiger partial charge >= 0.3 is 0 Å². The Morgan fingerprint density at radius 2 is 1.81 bits per heavy atom. The molecule has 2 atom stereocenters. The SMILES string of the molecule is Cc1cc(C(C)NCC(c2ccccc2)N(C)C)c(C)s1. The van der Waals surface area contributed by atoms with Gasteiger partial charge in [0.25, 0.3) is 0 Å². The maximum absolute atomic E-state index is 3.70. The molecule has 2 unspecified atom stereocenters. The molecule has 3 heteroatoms. The van der Waals surface area contributed by atoms with Crippen LogP contribution in [0.3, 0.4) is 0 Å². The third-order valence-electron chi connectivity index (χ3n) is 3.97. The number of aryl methyl sites for hydroxylation is 2. The zero-order chi connectivity index (χ0) is 15.4. The van der Waals surface area contributed by atoms with Crippen molar-refractivity contribution in [3.63, 3.8) is 0 Å². The highest BCUT2D eigenvalue weighted by Crippen LogP contribution is 2.27. The fourth-order valence-corrected chi connectivity index (χ4v) is 3.77. The highest BCUT2D eigenvalue weighted by molar-refractivity contribution is 7.12. The molecule has 1 aromatic carbocycles. The van der Waals surface area contributed by atoms with Crippen LogP contribution in [0.2, 0.25) is 0 Å². The third kappa shape index (κ3) is 4.16. The molecule has 2 rings (SSSR count). The normalized spacial score (nSPS) is 14.4. The average Bonchev–Trinajstić information content (AvgIpc) is 2.78. The Hall–Kier alpha value is -1.16. The highest BCUT2D eigenvalue weighted by atomic mass is 32.1. The van der Waals surface area contributed by atoms with Crippen molar-refractivity contribution in [3.8, 4) is 0 Å². The molecule has 21 heavy (non-hydrogen) atoms. The number of nitrogens with one attached hydrogen (secondary N) is 1. The molecule has 0 aliphatic heterocycles. The highest BCUT2D eigenvalue weighted by Gasteiger charge is 2.16. The van der Waals surface area contributed by atoms with Crippen LogP contribution >= 0.6 is 11.3 Å². The molecule has 0 aliphatic carbocycles. The van der Waals surface area contributed by atoms with Crippen molar-refractivity contribution in [2.24, 2.45) is 0 Å². The summed E-state index contributed by atoms with van der Waals surface area (Å²) in [6.07, 6.45) is 0. The van der Waals surface area contributed by atoms with Gasteiger partial charge in [-0.15, -0.1) is 11.3 Å². The van der Waals surface area contributed by atoms with Gasteiger partial charge in [0.1, 0.15) is 0 Å². The van der Waals surface area contributed by atoms with Crippen molar-refractivity contribution in [3.05, 3.63) is 57.3 Å². The van der Waals surface area contributed by atoms with E-state index in [0.29, 0.717) is 12.1 Å². The fraction of sp³-hybridized carbons (Fsp3) is 0.444. The standard InChI is InChI=1S/C18H26N2S/c1-13-11-17(15(3)21-13)14(2)19-12-18(20(4)5)16-9-7-6-8-10-16/h6-11,14,18-19H,12H2,1-5H3. The molecule has 1 heterocycles. The Morgan fingerprint density at radius 3 is 2.33 bits per heavy atom. The largest absolute Gasteiger partial charge is 0.308 e. The monoisotopic (exact) mass is 302 g/mol. The maximum atomic E-state index is 3.70. The van der Waals surface area contributed by atoms with E-state index in [0.717, 1.165) is 6.54 Å². The fourth-order valence-electron chi connectivity index (χ4n) is 2.75. The van der Waals surface area contributed by atoms with Crippen LogP contribution < -0.4 is 5.32 Å². The zero-order valence-corrected chi connectivity index (χ0v) is 14.5. The molecule has 0 bridgehead atoms. The van der Waals surface area contributed by atoms with E-state index in [1.807, 2.05) is 11.3 Å².